The Hall–Kier alpha value is -3.42. The first-order valence-corrected chi connectivity index (χ1v) is 10.4. The van der Waals surface area contributed by atoms with Crippen LogP contribution >= 0.6 is 0 Å². The normalized spacial score (nSPS) is 22.2. The second-order valence-corrected chi connectivity index (χ2v) is 8.19. The SMILES string of the molecule is O=C(c1ccccc1-c1cccnc1)N1C[C@H]2C[C@@H](Oc3ccc(C(F)(F)F)cn3)[C@@H]1C2. The minimum absolute atomic E-state index is 0.0781. The van der Waals surface area contributed by atoms with E-state index in [9.17, 15) is 18.0 Å². The lowest BCUT2D eigenvalue weighted by Crippen LogP contribution is -2.47. The molecule has 0 unspecified atom stereocenters. The van der Waals surface area contributed by atoms with Gasteiger partial charge in [0.15, 0.2) is 0 Å². The average Bonchev–Trinajstić information content (AvgIpc) is 3.40. The molecule has 0 radical (unpaired) electrons. The van der Waals surface area contributed by atoms with Gasteiger partial charge in [-0.1, -0.05) is 24.3 Å². The number of benzene rings is 1. The van der Waals surface area contributed by atoms with Crippen LogP contribution in [0.25, 0.3) is 11.1 Å². The van der Waals surface area contributed by atoms with Crippen LogP contribution in [0.5, 0.6) is 5.88 Å². The number of likely N-dealkylation sites (tertiary alicyclic amines) is 1. The number of hydrogen-bond acceptors (Lipinski definition) is 4. The summed E-state index contributed by atoms with van der Waals surface area (Å²) in [5.41, 5.74) is 1.46. The van der Waals surface area contributed by atoms with Gasteiger partial charge in [0.05, 0.1) is 11.6 Å². The summed E-state index contributed by atoms with van der Waals surface area (Å²) in [6, 6.07) is 13.2. The molecule has 3 heterocycles. The number of pyridine rings is 2. The molecule has 2 fully saturated rings. The maximum absolute atomic E-state index is 13.5. The van der Waals surface area contributed by atoms with Crippen molar-refractivity contribution in [2.45, 2.75) is 31.2 Å². The number of piperidine rings is 1. The number of carbonyl (C=O) groups is 1. The molecule has 32 heavy (non-hydrogen) atoms. The number of hydrogen-bond donors (Lipinski definition) is 0. The van der Waals surface area contributed by atoms with E-state index in [4.69, 9.17) is 4.74 Å². The van der Waals surface area contributed by atoms with Crippen molar-refractivity contribution in [3.05, 3.63) is 78.2 Å². The summed E-state index contributed by atoms with van der Waals surface area (Å²) in [5.74, 6) is 0.360. The van der Waals surface area contributed by atoms with Gasteiger partial charge in [0.25, 0.3) is 5.91 Å². The number of amides is 1. The standard InChI is InChI=1S/C24H20F3N3O2/c25-24(26,27)17-7-8-22(29-13-17)32-21-11-15-10-20(21)30(14-15)23(31)19-6-2-1-5-18(19)16-4-3-9-28-12-16/h1-9,12-13,15,20-21H,10-11,14H2/t15-,20+,21-/m1/s1. The maximum atomic E-state index is 13.5. The Bertz CT molecular complexity index is 1120. The minimum Gasteiger partial charge on any atom is -0.472 e. The molecule has 2 aromatic heterocycles. The summed E-state index contributed by atoms with van der Waals surface area (Å²) in [4.78, 5) is 23.3. The Morgan fingerprint density at radius 1 is 1.03 bits per heavy atom. The average molecular weight is 439 g/mol. The largest absolute Gasteiger partial charge is 0.472 e. The molecule has 5 nitrogen and oxygen atoms in total. The molecule has 164 valence electrons. The van der Waals surface area contributed by atoms with Gasteiger partial charge in [-0.2, -0.15) is 13.2 Å². The topological polar surface area (TPSA) is 55.3 Å². The van der Waals surface area contributed by atoms with E-state index >= 15 is 0 Å². The fourth-order valence-corrected chi connectivity index (χ4v) is 4.70. The van der Waals surface area contributed by atoms with Gasteiger partial charge >= 0.3 is 6.18 Å². The highest BCUT2D eigenvalue weighted by Crippen LogP contribution is 2.41. The van der Waals surface area contributed by atoms with Gasteiger partial charge in [-0.15, -0.1) is 0 Å². The summed E-state index contributed by atoms with van der Waals surface area (Å²) in [5, 5.41) is 0. The van der Waals surface area contributed by atoms with Crippen LogP contribution in [0, 0.1) is 5.92 Å². The first-order chi connectivity index (χ1) is 15.4. The molecule has 1 aliphatic heterocycles. The second kappa shape index (κ2) is 7.93. The number of nitrogens with zero attached hydrogens (tertiary/aromatic N) is 3. The molecule has 2 bridgehead atoms. The lowest BCUT2D eigenvalue weighted by Gasteiger charge is -2.33. The summed E-state index contributed by atoms with van der Waals surface area (Å²) < 4.78 is 44.2. The smallest absolute Gasteiger partial charge is 0.417 e. The number of fused-ring (bicyclic) bond motifs is 2. The van der Waals surface area contributed by atoms with Crippen LogP contribution in [0.15, 0.2) is 67.1 Å². The van der Waals surface area contributed by atoms with Crippen LogP contribution in [-0.2, 0) is 6.18 Å². The zero-order chi connectivity index (χ0) is 22.3. The molecule has 3 aromatic rings. The van der Waals surface area contributed by atoms with E-state index in [2.05, 4.69) is 9.97 Å². The molecule has 1 saturated heterocycles. The zero-order valence-corrected chi connectivity index (χ0v) is 17.0. The Morgan fingerprint density at radius 2 is 1.88 bits per heavy atom. The van der Waals surface area contributed by atoms with Crippen molar-refractivity contribution < 1.29 is 22.7 Å². The van der Waals surface area contributed by atoms with Crippen molar-refractivity contribution in [2.24, 2.45) is 5.92 Å². The quantitative estimate of drug-likeness (QED) is 0.584. The molecular formula is C24H20F3N3O2. The molecule has 8 heteroatoms. The predicted molar refractivity (Wildman–Crippen MR) is 111 cm³/mol. The lowest BCUT2D eigenvalue weighted by molar-refractivity contribution is -0.137. The molecule has 3 atom stereocenters. The van der Waals surface area contributed by atoms with Crippen LogP contribution in [0.3, 0.4) is 0 Å². The number of halogens is 3. The first kappa shape index (κ1) is 20.5. The van der Waals surface area contributed by atoms with Gasteiger partial charge in [-0.25, -0.2) is 4.98 Å². The van der Waals surface area contributed by atoms with E-state index in [-0.39, 0.29) is 23.9 Å². The lowest BCUT2D eigenvalue weighted by atomic mass is 9.99. The van der Waals surface area contributed by atoms with Crippen molar-refractivity contribution in [1.82, 2.24) is 14.9 Å². The Labute approximate surface area is 182 Å². The summed E-state index contributed by atoms with van der Waals surface area (Å²) >= 11 is 0. The van der Waals surface area contributed by atoms with E-state index in [1.54, 1.807) is 12.4 Å². The molecule has 1 saturated carbocycles. The minimum atomic E-state index is -4.44. The molecule has 1 amide bonds. The summed E-state index contributed by atoms with van der Waals surface area (Å²) in [7, 11) is 0. The van der Waals surface area contributed by atoms with Crippen LogP contribution in [0.1, 0.15) is 28.8 Å². The summed E-state index contributed by atoms with van der Waals surface area (Å²) in [6.07, 6.45) is 1.01. The highest BCUT2D eigenvalue weighted by atomic mass is 19.4. The maximum Gasteiger partial charge on any atom is 0.417 e. The third kappa shape index (κ3) is 3.81. The van der Waals surface area contributed by atoms with E-state index in [0.717, 1.165) is 36.2 Å². The van der Waals surface area contributed by atoms with Gasteiger partial charge in [-0.05, 0) is 42.5 Å². The molecule has 5 rings (SSSR count). The zero-order valence-electron chi connectivity index (χ0n) is 17.0. The first-order valence-electron chi connectivity index (χ1n) is 10.4. The van der Waals surface area contributed by atoms with Crippen LogP contribution < -0.4 is 4.74 Å². The van der Waals surface area contributed by atoms with Crippen LogP contribution in [0.4, 0.5) is 13.2 Å². The predicted octanol–water partition coefficient (Wildman–Crippen LogP) is 4.84. The Morgan fingerprint density at radius 3 is 2.56 bits per heavy atom. The fraction of sp³-hybridized carbons (Fsp3) is 0.292. The number of rotatable bonds is 4. The number of aromatic nitrogens is 2. The number of ether oxygens (including phenoxy) is 1. The molecule has 0 N–H and O–H groups in total. The van der Waals surface area contributed by atoms with E-state index in [1.807, 2.05) is 41.3 Å². The van der Waals surface area contributed by atoms with E-state index in [1.165, 1.54) is 6.07 Å². The van der Waals surface area contributed by atoms with Crippen molar-refractivity contribution in [3.63, 3.8) is 0 Å². The second-order valence-electron chi connectivity index (χ2n) is 8.19. The van der Waals surface area contributed by atoms with Crippen LogP contribution in [0.2, 0.25) is 0 Å². The van der Waals surface area contributed by atoms with Gasteiger partial charge in [-0.3, -0.25) is 9.78 Å². The Kier molecular flexibility index (Phi) is 5.07. The highest BCUT2D eigenvalue weighted by molar-refractivity contribution is 6.01. The molecule has 1 aromatic carbocycles. The van der Waals surface area contributed by atoms with Crippen molar-refractivity contribution in [2.75, 3.05) is 6.54 Å². The highest BCUT2D eigenvalue weighted by Gasteiger charge is 2.48. The van der Waals surface area contributed by atoms with Gasteiger partial charge in [0, 0.05) is 42.3 Å². The van der Waals surface area contributed by atoms with Gasteiger partial charge in [0.1, 0.15) is 6.10 Å². The third-order valence-corrected chi connectivity index (χ3v) is 6.15. The van der Waals surface area contributed by atoms with E-state index in [0.29, 0.717) is 18.0 Å². The Balaban J connectivity index is 1.35. The van der Waals surface area contributed by atoms with Gasteiger partial charge < -0.3 is 9.64 Å². The fourth-order valence-electron chi connectivity index (χ4n) is 4.70. The van der Waals surface area contributed by atoms with Gasteiger partial charge in [0.2, 0.25) is 5.88 Å². The molecule has 0 spiro atoms. The molecule has 2 aliphatic rings. The van der Waals surface area contributed by atoms with Crippen LogP contribution in [-0.4, -0.2) is 39.5 Å². The van der Waals surface area contributed by atoms with E-state index < -0.39 is 11.7 Å². The molecular weight excluding hydrogens is 419 g/mol. The molecule has 1 aliphatic carbocycles. The van der Waals surface area contributed by atoms with Crippen molar-refractivity contribution in [3.8, 4) is 17.0 Å². The summed E-state index contributed by atoms with van der Waals surface area (Å²) in [6.45, 7) is 0.644. The van der Waals surface area contributed by atoms with Crippen molar-refractivity contribution in [1.29, 1.82) is 0 Å². The monoisotopic (exact) mass is 439 g/mol. The number of alkyl halides is 3. The van der Waals surface area contributed by atoms with Crippen molar-refractivity contribution >= 4 is 5.91 Å². The number of carbonyl (C=O) groups excluding carboxylic acids is 1. The third-order valence-electron chi connectivity index (χ3n) is 6.15.